The first-order chi connectivity index (χ1) is 7.93. The smallest absolute Gasteiger partial charge is 0.0400 e. The van der Waals surface area contributed by atoms with Gasteiger partial charge in [-0.2, -0.15) is 0 Å². The molecule has 0 radical (unpaired) electrons. The monoisotopic (exact) mass is 217 g/mol. The lowest BCUT2D eigenvalue weighted by Crippen LogP contribution is -2.38. The molecule has 86 valence electrons. The number of hydrogen-bond acceptors (Lipinski definition) is 3. The first-order valence-electron chi connectivity index (χ1n) is 6.33. The summed E-state index contributed by atoms with van der Waals surface area (Å²) in [4.78, 5) is 6.66. The number of anilines is 1. The molecule has 2 aliphatic rings. The second kappa shape index (κ2) is 4.42. The third-order valence-corrected chi connectivity index (χ3v) is 3.56. The standard InChI is InChI=1S/C13H19N3/c1-2-11(15-7-1)10-16(12-3-4-12)13-5-8-14-9-6-13/h5-6,8-9,11-12,15H,1-4,7,10H2. The zero-order valence-corrected chi connectivity index (χ0v) is 9.60. The number of hydrogen-bond donors (Lipinski definition) is 1. The van der Waals surface area contributed by atoms with E-state index in [1.165, 1.54) is 37.9 Å². The fourth-order valence-corrected chi connectivity index (χ4v) is 2.54. The molecule has 1 N–H and O–H groups in total. The molecule has 1 atom stereocenters. The van der Waals surface area contributed by atoms with E-state index in [-0.39, 0.29) is 0 Å². The van der Waals surface area contributed by atoms with Crippen LogP contribution in [0.3, 0.4) is 0 Å². The third kappa shape index (κ3) is 2.19. The van der Waals surface area contributed by atoms with Crippen molar-refractivity contribution >= 4 is 5.69 Å². The van der Waals surface area contributed by atoms with Gasteiger partial charge in [-0.05, 0) is 44.4 Å². The zero-order chi connectivity index (χ0) is 10.8. The predicted octanol–water partition coefficient (Wildman–Crippen LogP) is 1.80. The van der Waals surface area contributed by atoms with E-state index in [0.29, 0.717) is 6.04 Å². The van der Waals surface area contributed by atoms with Crippen molar-refractivity contribution in [2.24, 2.45) is 0 Å². The first kappa shape index (κ1) is 10.1. The van der Waals surface area contributed by atoms with Crippen LogP contribution in [0, 0.1) is 0 Å². The van der Waals surface area contributed by atoms with E-state index in [0.717, 1.165) is 12.6 Å². The van der Waals surface area contributed by atoms with Crippen LogP contribution in [-0.2, 0) is 0 Å². The molecule has 1 saturated heterocycles. The summed E-state index contributed by atoms with van der Waals surface area (Å²) in [6.45, 7) is 2.36. The van der Waals surface area contributed by atoms with Crippen LogP contribution in [0.5, 0.6) is 0 Å². The summed E-state index contributed by atoms with van der Waals surface area (Å²) in [5.74, 6) is 0. The molecule has 0 amide bonds. The van der Waals surface area contributed by atoms with Crippen molar-refractivity contribution in [3.8, 4) is 0 Å². The van der Waals surface area contributed by atoms with E-state index in [9.17, 15) is 0 Å². The van der Waals surface area contributed by atoms with Crippen molar-refractivity contribution in [1.82, 2.24) is 10.3 Å². The largest absolute Gasteiger partial charge is 0.367 e. The Morgan fingerprint density at radius 1 is 1.25 bits per heavy atom. The molecule has 16 heavy (non-hydrogen) atoms. The highest BCUT2D eigenvalue weighted by Crippen LogP contribution is 2.31. The van der Waals surface area contributed by atoms with E-state index in [1.807, 2.05) is 12.4 Å². The van der Waals surface area contributed by atoms with Crippen LogP contribution in [0.15, 0.2) is 24.5 Å². The fraction of sp³-hybridized carbons (Fsp3) is 0.615. The molecule has 1 aromatic heterocycles. The van der Waals surface area contributed by atoms with Crippen LogP contribution in [0.2, 0.25) is 0 Å². The van der Waals surface area contributed by atoms with E-state index in [1.54, 1.807) is 0 Å². The minimum absolute atomic E-state index is 0.689. The Hall–Kier alpha value is -1.09. The highest BCUT2D eigenvalue weighted by molar-refractivity contribution is 5.47. The van der Waals surface area contributed by atoms with Crippen molar-refractivity contribution < 1.29 is 0 Å². The van der Waals surface area contributed by atoms with Crippen LogP contribution in [0.25, 0.3) is 0 Å². The Bertz CT molecular complexity index is 328. The molecule has 1 aliphatic heterocycles. The van der Waals surface area contributed by atoms with Crippen LogP contribution in [-0.4, -0.2) is 30.2 Å². The summed E-state index contributed by atoms with van der Waals surface area (Å²) in [5, 5.41) is 3.58. The molecular formula is C13H19N3. The number of nitrogens with one attached hydrogen (secondary N) is 1. The molecule has 0 aromatic carbocycles. The third-order valence-electron chi connectivity index (χ3n) is 3.56. The molecule has 1 aromatic rings. The molecule has 2 heterocycles. The van der Waals surface area contributed by atoms with Gasteiger partial charge >= 0.3 is 0 Å². The first-order valence-corrected chi connectivity index (χ1v) is 6.33. The number of aromatic nitrogens is 1. The minimum Gasteiger partial charge on any atom is -0.367 e. The van der Waals surface area contributed by atoms with E-state index in [4.69, 9.17) is 0 Å². The summed E-state index contributed by atoms with van der Waals surface area (Å²) < 4.78 is 0. The molecule has 1 aliphatic carbocycles. The quantitative estimate of drug-likeness (QED) is 0.833. The van der Waals surface area contributed by atoms with Crippen LogP contribution >= 0.6 is 0 Å². The highest BCUT2D eigenvalue weighted by Gasteiger charge is 2.31. The summed E-state index contributed by atoms with van der Waals surface area (Å²) in [6.07, 6.45) is 9.16. The fourth-order valence-electron chi connectivity index (χ4n) is 2.54. The number of pyridine rings is 1. The average Bonchev–Trinajstić information content (AvgIpc) is 3.05. The van der Waals surface area contributed by atoms with Crippen molar-refractivity contribution in [2.45, 2.75) is 37.8 Å². The van der Waals surface area contributed by atoms with Gasteiger partial charge < -0.3 is 10.2 Å². The minimum atomic E-state index is 0.689. The van der Waals surface area contributed by atoms with Gasteiger partial charge in [0.15, 0.2) is 0 Å². The maximum Gasteiger partial charge on any atom is 0.0400 e. The molecule has 3 nitrogen and oxygen atoms in total. The lowest BCUT2D eigenvalue weighted by molar-refractivity contribution is 0.578. The highest BCUT2D eigenvalue weighted by atomic mass is 15.2. The van der Waals surface area contributed by atoms with Crippen molar-refractivity contribution in [3.63, 3.8) is 0 Å². The Kier molecular flexibility index (Phi) is 2.79. The Morgan fingerprint density at radius 2 is 2.06 bits per heavy atom. The summed E-state index contributed by atoms with van der Waals surface area (Å²) in [6, 6.07) is 5.74. The Balaban J connectivity index is 1.71. The predicted molar refractivity (Wildman–Crippen MR) is 65.6 cm³/mol. The summed E-state index contributed by atoms with van der Waals surface area (Å²) in [5.41, 5.74) is 1.34. The molecule has 0 spiro atoms. The van der Waals surface area contributed by atoms with Crippen LogP contribution in [0.4, 0.5) is 5.69 Å². The topological polar surface area (TPSA) is 28.2 Å². The van der Waals surface area contributed by atoms with Crippen LogP contribution in [0.1, 0.15) is 25.7 Å². The molecule has 3 rings (SSSR count). The molecule has 1 unspecified atom stereocenters. The lowest BCUT2D eigenvalue weighted by Gasteiger charge is -2.27. The van der Waals surface area contributed by atoms with Gasteiger partial charge in [0.05, 0.1) is 0 Å². The van der Waals surface area contributed by atoms with Gasteiger partial charge in [-0.3, -0.25) is 4.98 Å². The molecule has 0 bridgehead atoms. The van der Waals surface area contributed by atoms with Gasteiger partial charge in [0, 0.05) is 36.7 Å². The SMILES string of the molecule is c1cc(N(CC2CCCN2)C2CC2)ccn1. The lowest BCUT2D eigenvalue weighted by atomic mass is 10.2. The number of nitrogens with zero attached hydrogens (tertiary/aromatic N) is 2. The van der Waals surface area contributed by atoms with Crippen LogP contribution < -0.4 is 10.2 Å². The van der Waals surface area contributed by atoms with Gasteiger partial charge in [-0.15, -0.1) is 0 Å². The Morgan fingerprint density at radius 3 is 2.69 bits per heavy atom. The molecular weight excluding hydrogens is 198 g/mol. The van der Waals surface area contributed by atoms with Gasteiger partial charge in [0.2, 0.25) is 0 Å². The van der Waals surface area contributed by atoms with E-state index < -0.39 is 0 Å². The second-order valence-electron chi connectivity index (χ2n) is 4.88. The van der Waals surface area contributed by atoms with Gasteiger partial charge in [0.25, 0.3) is 0 Å². The molecule has 2 fully saturated rings. The molecule has 3 heteroatoms. The zero-order valence-electron chi connectivity index (χ0n) is 9.60. The van der Waals surface area contributed by atoms with Gasteiger partial charge in [0.1, 0.15) is 0 Å². The summed E-state index contributed by atoms with van der Waals surface area (Å²) in [7, 11) is 0. The van der Waals surface area contributed by atoms with Gasteiger partial charge in [-0.1, -0.05) is 0 Å². The van der Waals surface area contributed by atoms with Gasteiger partial charge in [-0.25, -0.2) is 0 Å². The number of rotatable bonds is 4. The maximum absolute atomic E-state index is 4.10. The normalized spacial score (nSPS) is 24.6. The van der Waals surface area contributed by atoms with Crippen molar-refractivity contribution in [1.29, 1.82) is 0 Å². The summed E-state index contributed by atoms with van der Waals surface area (Å²) >= 11 is 0. The van der Waals surface area contributed by atoms with Crippen molar-refractivity contribution in [2.75, 3.05) is 18.0 Å². The second-order valence-corrected chi connectivity index (χ2v) is 4.88. The maximum atomic E-state index is 4.10. The Labute approximate surface area is 96.9 Å². The molecule has 1 saturated carbocycles. The van der Waals surface area contributed by atoms with Crippen molar-refractivity contribution in [3.05, 3.63) is 24.5 Å². The average molecular weight is 217 g/mol. The van der Waals surface area contributed by atoms with E-state index in [2.05, 4.69) is 27.3 Å². The van der Waals surface area contributed by atoms with E-state index >= 15 is 0 Å².